The fourth-order valence-electron chi connectivity index (χ4n) is 6.34. The van der Waals surface area contributed by atoms with Crippen LogP contribution in [0, 0.1) is 5.92 Å². The van der Waals surface area contributed by atoms with E-state index in [2.05, 4.69) is 10.2 Å². The number of carbonyl (C=O) groups excluding carboxylic acids is 2. The minimum absolute atomic E-state index is 0.0930. The van der Waals surface area contributed by atoms with Crippen molar-refractivity contribution in [3.05, 3.63) is 119 Å². The minimum Gasteiger partial charge on any atom is -0.376 e. The van der Waals surface area contributed by atoms with Crippen LogP contribution in [0.1, 0.15) is 66.1 Å². The summed E-state index contributed by atoms with van der Waals surface area (Å²) in [4.78, 5) is 25.0. The molecule has 1 fully saturated rings. The molecule has 4 aromatic rings. The number of aryl methyl sites for hydroxylation is 1. The summed E-state index contributed by atoms with van der Waals surface area (Å²) in [6, 6.07) is 28.1. The Morgan fingerprint density at radius 1 is 0.957 bits per heavy atom. The van der Waals surface area contributed by atoms with Crippen molar-refractivity contribution in [1.29, 1.82) is 0 Å². The molecule has 1 saturated heterocycles. The molecule has 0 saturated carbocycles. The topological polar surface area (TPSA) is 87.5 Å². The van der Waals surface area contributed by atoms with Crippen LogP contribution in [0.15, 0.2) is 91.0 Å². The molecule has 2 aliphatic heterocycles. The molecule has 3 heterocycles. The van der Waals surface area contributed by atoms with Gasteiger partial charge >= 0.3 is 6.18 Å². The molecule has 2 unspecified atom stereocenters. The molecule has 0 radical (unpaired) electrons. The summed E-state index contributed by atoms with van der Waals surface area (Å²) >= 11 is 0. The first-order chi connectivity index (χ1) is 22.1. The molecule has 1 aromatic heterocycles. The van der Waals surface area contributed by atoms with Crippen LogP contribution in [0.2, 0.25) is 0 Å². The number of piperidine rings is 1. The highest BCUT2D eigenvalue weighted by Gasteiger charge is 2.65. The zero-order valence-electron chi connectivity index (χ0n) is 26.0. The standard InChI is InChI=1S/C27H29F3N4O2.C9H10O/c1-17-25(35)31-24-21(26(17,36)27(28,29)30)22(18-13-15-33(2)16-14-18)32-34(24)23(19-9-5-3-6-10-19)20-11-7-4-8-12-20;10-8-4-7-9-5-2-1-3-6-9/h3-12,17-18,23,36H,13-16H2,1-2H3,(H,31,35);1-3,5-6,8H,4,7H2. The SMILES string of the molecule is CC1C(=O)Nc2c(c(C3CCN(C)CC3)nn2C(c2ccccc2)c2ccccc2)C1(O)C(F)(F)F.O=CCCc1ccccc1. The maximum absolute atomic E-state index is 14.6. The highest BCUT2D eigenvalue weighted by atomic mass is 19.4. The molecule has 6 rings (SSSR count). The fraction of sp³-hybridized carbons (Fsp3) is 0.361. The van der Waals surface area contributed by atoms with E-state index in [1.165, 1.54) is 10.2 Å². The average molecular weight is 633 g/mol. The minimum atomic E-state index is -5.07. The molecule has 46 heavy (non-hydrogen) atoms. The van der Waals surface area contributed by atoms with Crippen LogP contribution < -0.4 is 5.32 Å². The van der Waals surface area contributed by atoms with Crippen LogP contribution in [0.3, 0.4) is 0 Å². The van der Waals surface area contributed by atoms with Crippen LogP contribution in [0.4, 0.5) is 19.0 Å². The number of rotatable bonds is 7. The Hall–Kier alpha value is -4.28. The average Bonchev–Trinajstić information content (AvgIpc) is 3.43. The molecule has 0 aliphatic carbocycles. The molecule has 1 amide bonds. The van der Waals surface area contributed by atoms with Crippen LogP contribution in [0.5, 0.6) is 0 Å². The van der Waals surface area contributed by atoms with Gasteiger partial charge in [-0.05, 0) is 56.1 Å². The zero-order chi connectivity index (χ0) is 32.9. The quantitative estimate of drug-likeness (QED) is 0.228. The third-order valence-corrected chi connectivity index (χ3v) is 8.99. The van der Waals surface area contributed by atoms with Gasteiger partial charge in [-0.3, -0.25) is 4.79 Å². The van der Waals surface area contributed by atoms with Crippen LogP contribution in [-0.4, -0.2) is 58.3 Å². The predicted octanol–water partition coefficient (Wildman–Crippen LogP) is 6.49. The molecular weight excluding hydrogens is 593 g/mol. The summed E-state index contributed by atoms with van der Waals surface area (Å²) in [6.07, 6.45) is -1.40. The lowest BCUT2D eigenvalue weighted by atomic mass is 9.75. The van der Waals surface area contributed by atoms with Gasteiger partial charge in [-0.1, -0.05) is 97.9 Å². The number of halogens is 3. The van der Waals surface area contributed by atoms with Gasteiger partial charge in [0.25, 0.3) is 0 Å². The number of aromatic nitrogens is 2. The van der Waals surface area contributed by atoms with E-state index in [0.717, 1.165) is 30.8 Å². The number of anilines is 1. The number of amides is 1. The second-order valence-corrected chi connectivity index (χ2v) is 12.0. The maximum Gasteiger partial charge on any atom is 0.422 e. The first-order valence-electron chi connectivity index (χ1n) is 15.5. The van der Waals surface area contributed by atoms with E-state index in [9.17, 15) is 27.9 Å². The van der Waals surface area contributed by atoms with E-state index in [-0.39, 0.29) is 23.0 Å². The van der Waals surface area contributed by atoms with Gasteiger partial charge in [0, 0.05) is 12.3 Å². The van der Waals surface area contributed by atoms with Crippen molar-refractivity contribution in [2.45, 2.75) is 56.3 Å². The van der Waals surface area contributed by atoms with Crippen molar-refractivity contribution in [1.82, 2.24) is 14.7 Å². The number of aliphatic hydroxyl groups is 1. The van der Waals surface area contributed by atoms with Gasteiger partial charge < -0.3 is 20.1 Å². The van der Waals surface area contributed by atoms with Crippen LogP contribution in [-0.2, 0) is 21.6 Å². The number of alkyl halides is 3. The molecule has 2 N–H and O–H groups in total. The molecule has 7 nitrogen and oxygen atoms in total. The lowest BCUT2D eigenvalue weighted by Gasteiger charge is -2.40. The van der Waals surface area contributed by atoms with Gasteiger partial charge in [-0.25, -0.2) is 4.68 Å². The highest BCUT2D eigenvalue weighted by molar-refractivity contribution is 5.96. The number of hydrogen-bond acceptors (Lipinski definition) is 5. The summed E-state index contributed by atoms with van der Waals surface area (Å²) in [5, 5.41) is 18.8. The molecule has 0 bridgehead atoms. The van der Waals surface area contributed by atoms with Crippen molar-refractivity contribution in [2.24, 2.45) is 5.92 Å². The predicted molar refractivity (Wildman–Crippen MR) is 170 cm³/mol. The van der Waals surface area contributed by atoms with E-state index >= 15 is 0 Å². The van der Waals surface area contributed by atoms with E-state index in [0.29, 0.717) is 32.4 Å². The van der Waals surface area contributed by atoms with Gasteiger partial charge in [0.05, 0.1) is 17.2 Å². The van der Waals surface area contributed by atoms with Crippen molar-refractivity contribution in [3.8, 4) is 0 Å². The summed E-state index contributed by atoms with van der Waals surface area (Å²) in [6.45, 7) is 2.53. The maximum atomic E-state index is 14.6. The monoisotopic (exact) mass is 632 g/mol. The van der Waals surface area contributed by atoms with Gasteiger partial charge in [0.15, 0.2) is 0 Å². The van der Waals surface area contributed by atoms with Crippen molar-refractivity contribution in [2.75, 3.05) is 25.5 Å². The number of carbonyl (C=O) groups is 2. The number of hydrogen-bond donors (Lipinski definition) is 2. The molecule has 0 spiro atoms. The van der Waals surface area contributed by atoms with Gasteiger partial charge in [-0.2, -0.15) is 18.3 Å². The number of likely N-dealkylation sites (tertiary alicyclic amines) is 1. The lowest BCUT2D eigenvalue weighted by molar-refractivity contribution is -0.282. The number of fused-ring (bicyclic) bond motifs is 1. The lowest BCUT2D eigenvalue weighted by Crippen LogP contribution is -2.55. The van der Waals surface area contributed by atoms with Gasteiger partial charge in [0.2, 0.25) is 11.5 Å². The van der Waals surface area contributed by atoms with E-state index in [1.54, 1.807) is 0 Å². The largest absolute Gasteiger partial charge is 0.422 e. The highest BCUT2D eigenvalue weighted by Crippen LogP contribution is 2.53. The summed E-state index contributed by atoms with van der Waals surface area (Å²) < 4.78 is 45.3. The molecule has 242 valence electrons. The Labute approximate surface area is 267 Å². The normalized spacial score (nSPS) is 20.4. The van der Waals surface area contributed by atoms with Gasteiger partial charge in [-0.15, -0.1) is 0 Å². The zero-order valence-corrected chi connectivity index (χ0v) is 26.0. The first kappa shape index (κ1) is 33.1. The second kappa shape index (κ2) is 14.0. The molecule has 10 heteroatoms. The molecular formula is C36H39F3N4O3. The first-order valence-corrected chi connectivity index (χ1v) is 15.5. The Balaban J connectivity index is 0.000000356. The summed E-state index contributed by atoms with van der Waals surface area (Å²) in [7, 11) is 1.97. The number of benzene rings is 3. The van der Waals surface area contributed by atoms with E-state index in [1.807, 2.05) is 98.0 Å². The Morgan fingerprint density at radius 2 is 1.48 bits per heavy atom. The Bertz CT molecular complexity index is 1560. The Kier molecular flexibility index (Phi) is 10.1. The second-order valence-electron chi connectivity index (χ2n) is 12.0. The number of nitrogens with one attached hydrogen (secondary N) is 1. The van der Waals surface area contributed by atoms with Gasteiger partial charge in [0.1, 0.15) is 18.1 Å². The molecule has 2 atom stereocenters. The molecule has 3 aromatic carbocycles. The van der Waals surface area contributed by atoms with Crippen LogP contribution in [0.25, 0.3) is 0 Å². The number of aldehydes is 1. The Morgan fingerprint density at radius 3 is 1.98 bits per heavy atom. The van der Waals surface area contributed by atoms with Crippen LogP contribution >= 0.6 is 0 Å². The summed E-state index contributed by atoms with van der Waals surface area (Å²) in [5.74, 6) is -2.98. The third kappa shape index (κ3) is 6.64. The van der Waals surface area contributed by atoms with Crippen molar-refractivity contribution >= 4 is 18.0 Å². The third-order valence-electron chi connectivity index (χ3n) is 8.99. The van der Waals surface area contributed by atoms with E-state index in [4.69, 9.17) is 5.10 Å². The fourth-order valence-corrected chi connectivity index (χ4v) is 6.34. The number of nitrogens with zero attached hydrogens (tertiary/aromatic N) is 3. The van der Waals surface area contributed by atoms with Crippen molar-refractivity contribution in [3.63, 3.8) is 0 Å². The smallest absolute Gasteiger partial charge is 0.376 e. The van der Waals surface area contributed by atoms with E-state index < -0.39 is 29.6 Å². The summed E-state index contributed by atoms with van der Waals surface area (Å²) in [5.41, 5.74) is -0.635. The van der Waals surface area contributed by atoms with Crippen molar-refractivity contribution < 1.29 is 27.9 Å². The molecule has 2 aliphatic rings.